The average molecular weight is 327 g/mol. The maximum Gasteiger partial charge on any atom is 0.240 e. The van der Waals surface area contributed by atoms with Crippen LogP contribution in [0, 0.1) is 6.92 Å². The number of nitrogens with zero attached hydrogens (tertiary/aromatic N) is 1. The van der Waals surface area contributed by atoms with Gasteiger partial charge in [0.2, 0.25) is 10.0 Å². The van der Waals surface area contributed by atoms with Crippen molar-refractivity contribution in [1.29, 1.82) is 0 Å². The van der Waals surface area contributed by atoms with E-state index in [0.717, 1.165) is 0 Å². The zero-order chi connectivity index (χ0) is 15.6. The highest BCUT2D eigenvalue weighted by Gasteiger charge is 2.26. The number of nitrogens with one attached hydrogen (secondary N) is 1. The number of hydrogen-bond acceptors (Lipinski definition) is 4. The van der Waals surface area contributed by atoms with Crippen LogP contribution in [0.25, 0.3) is 0 Å². The molecule has 0 aromatic heterocycles. The largest absolute Gasteiger partial charge is 0.389 e. The molecule has 5 nitrogen and oxygen atoms in total. The molecule has 2 rings (SSSR count). The average Bonchev–Trinajstić information content (AvgIpc) is 3.22. The van der Waals surface area contributed by atoms with E-state index in [-0.39, 0.29) is 9.88 Å². The lowest BCUT2D eigenvalue weighted by atomic mass is 10.1. The van der Waals surface area contributed by atoms with Crippen LogP contribution in [0.1, 0.15) is 24.0 Å². The molecule has 116 valence electrons. The first-order chi connectivity index (χ1) is 9.81. The maximum atomic E-state index is 12.3. The molecule has 0 atom stereocenters. The fourth-order valence-corrected chi connectivity index (χ4v) is 3.61. The molecule has 1 fully saturated rings. The Hall–Kier alpha value is -1.02. The highest BCUT2D eigenvalue weighted by Crippen LogP contribution is 2.24. The Morgan fingerprint density at radius 1 is 1.48 bits per heavy atom. The summed E-state index contributed by atoms with van der Waals surface area (Å²) in [4.78, 5) is 2.73. The summed E-state index contributed by atoms with van der Waals surface area (Å²) in [6.45, 7) is 2.87. The molecule has 0 aliphatic heterocycles. The van der Waals surface area contributed by atoms with Gasteiger partial charge < -0.3 is 10.6 Å². The summed E-state index contributed by atoms with van der Waals surface area (Å²) in [7, 11) is -1.47. The fraction of sp³-hybridized carbons (Fsp3) is 0.500. The molecule has 0 heterocycles. The van der Waals surface area contributed by atoms with Crippen LogP contribution in [0.15, 0.2) is 23.1 Å². The lowest BCUT2D eigenvalue weighted by molar-refractivity contribution is 0.329. The predicted molar refractivity (Wildman–Crippen MR) is 87.9 cm³/mol. The Kier molecular flexibility index (Phi) is 4.98. The van der Waals surface area contributed by atoms with E-state index in [2.05, 4.69) is 9.62 Å². The van der Waals surface area contributed by atoms with E-state index >= 15 is 0 Å². The van der Waals surface area contributed by atoms with E-state index in [1.807, 2.05) is 7.05 Å². The van der Waals surface area contributed by atoms with Crippen molar-refractivity contribution in [3.8, 4) is 0 Å². The molecule has 7 heteroatoms. The quantitative estimate of drug-likeness (QED) is 0.731. The van der Waals surface area contributed by atoms with Crippen LogP contribution in [0.5, 0.6) is 0 Å². The number of benzene rings is 1. The van der Waals surface area contributed by atoms with Crippen molar-refractivity contribution in [2.75, 3.05) is 20.1 Å². The lowest BCUT2D eigenvalue weighted by Gasteiger charge is -2.16. The van der Waals surface area contributed by atoms with Gasteiger partial charge >= 0.3 is 0 Å². The molecule has 0 unspecified atom stereocenters. The first-order valence-electron chi connectivity index (χ1n) is 6.91. The molecule has 3 N–H and O–H groups in total. The van der Waals surface area contributed by atoms with Crippen molar-refractivity contribution in [1.82, 2.24) is 9.62 Å². The molecule has 1 aliphatic rings. The minimum Gasteiger partial charge on any atom is -0.389 e. The second kappa shape index (κ2) is 6.39. The Balaban J connectivity index is 2.02. The second-order valence-corrected chi connectivity index (χ2v) is 7.63. The highest BCUT2D eigenvalue weighted by atomic mass is 32.2. The predicted octanol–water partition coefficient (Wildman–Crippen LogP) is 1.00. The van der Waals surface area contributed by atoms with Crippen LogP contribution in [0.3, 0.4) is 0 Å². The third kappa shape index (κ3) is 4.23. The van der Waals surface area contributed by atoms with Gasteiger partial charge in [0.25, 0.3) is 0 Å². The van der Waals surface area contributed by atoms with Crippen molar-refractivity contribution >= 4 is 27.2 Å². The fourth-order valence-electron chi connectivity index (χ4n) is 2.24. The minimum absolute atomic E-state index is 0.265. The first kappa shape index (κ1) is 16.4. The minimum atomic E-state index is -3.50. The number of sulfonamides is 1. The molecule has 0 radical (unpaired) electrons. The third-order valence-electron chi connectivity index (χ3n) is 3.68. The molecule has 1 aromatic carbocycles. The molecule has 1 saturated carbocycles. The van der Waals surface area contributed by atoms with Gasteiger partial charge in [0.1, 0.15) is 4.99 Å². The van der Waals surface area contributed by atoms with E-state index in [9.17, 15) is 8.42 Å². The number of likely N-dealkylation sites (N-methyl/N-ethyl adjacent to an activating group) is 1. The van der Waals surface area contributed by atoms with Crippen LogP contribution in [0.2, 0.25) is 0 Å². The van der Waals surface area contributed by atoms with E-state index in [4.69, 9.17) is 18.0 Å². The number of thiocarbonyl (C=S) groups is 1. The first-order valence-corrected chi connectivity index (χ1v) is 8.81. The number of hydrogen-bond donors (Lipinski definition) is 2. The van der Waals surface area contributed by atoms with Crippen LogP contribution in [-0.4, -0.2) is 44.5 Å². The summed E-state index contributed by atoms with van der Waals surface area (Å²) in [5.74, 6) is 0. The van der Waals surface area contributed by atoms with E-state index in [1.54, 1.807) is 25.1 Å². The summed E-state index contributed by atoms with van der Waals surface area (Å²) in [6, 6.07) is 5.52. The summed E-state index contributed by atoms with van der Waals surface area (Å²) >= 11 is 4.89. The molecule has 0 spiro atoms. The number of nitrogens with two attached hydrogens (primary N) is 1. The van der Waals surface area contributed by atoms with Gasteiger partial charge in [-0.25, -0.2) is 13.1 Å². The summed E-state index contributed by atoms with van der Waals surface area (Å²) in [6.07, 6.45) is 2.42. The van der Waals surface area contributed by atoms with Crippen molar-refractivity contribution in [2.45, 2.75) is 30.7 Å². The van der Waals surface area contributed by atoms with Crippen molar-refractivity contribution in [3.05, 3.63) is 29.3 Å². The zero-order valence-electron chi connectivity index (χ0n) is 12.3. The lowest BCUT2D eigenvalue weighted by Crippen LogP contribution is -2.34. The van der Waals surface area contributed by atoms with Crippen molar-refractivity contribution < 1.29 is 8.42 Å². The van der Waals surface area contributed by atoms with Crippen LogP contribution < -0.4 is 10.5 Å². The molecule has 0 bridgehead atoms. The van der Waals surface area contributed by atoms with Gasteiger partial charge in [0.15, 0.2) is 0 Å². The van der Waals surface area contributed by atoms with Gasteiger partial charge in [-0.05, 0) is 44.5 Å². The van der Waals surface area contributed by atoms with Gasteiger partial charge in [0.05, 0.1) is 4.90 Å². The van der Waals surface area contributed by atoms with E-state index < -0.39 is 10.0 Å². The normalized spacial score (nSPS) is 15.4. The van der Waals surface area contributed by atoms with Crippen LogP contribution in [0.4, 0.5) is 0 Å². The topological polar surface area (TPSA) is 75.4 Å². The molecular weight excluding hydrogens is 306 g/mol. The summed E-state index contributed by atoms with van der Waals surface area (Å²) in [5, 5.41) is 0. The Morgan fingerprint density at radius 3 is 2.67 bits per heavy atom. The maximum absolute atomic E-state index is 12.3. The van der Waals surface area contributed by atoms with Crippen molar-refractivity contribution in [2.24, 2.45) is 5.73 Å². The standard InChI is InChI=1S/C14H21N3O2S2/c1-10-9-11(14(15)20)3-6-13(10)21(18,19)16-7-8-17(2)12-4-5-12/h3,6,9,12,16H,4-5,7-8H2,1-2H3,(H2,15,20). The zero-order valence-corrected chi connectivity index (χ0v) is 13.9. The smallest absolute Gasteiger partial charge is 0.240 e. The second-order valence-electron chi connectivity index (χ2n) is 5.45. The van der Waals surface area contributed by atoms with Gasteiger partial charge in [-0.3, -0.25) is 0 Å². The number of aryl methyl sites for hydroxylation is 1. The molecule has 21 heavy (non-hydrogen) atoms. The molecule has 1 aliphatic carbocycles. The Bertz CT molecular complexity index is 640. The summed E-state index contributed by atoms with van der Waals surface area (Å²) < 4.78 is 27.3. The van der Waals surface area contributed by atoms with Gasteiger partial charge in [-0.1, -0.05) is 18.3 Å². The number of rotatable bonds is 7. The summed E-state index contributed by atoms with van der Waals surface area (Å²) in [5.41, 5.74) is 6.87. The molecular formula is C14H21N3O2S2. The van der Waals surface area contributed by atoms with Crippen LogP contribution >= 0.6 is 12.2 Å². The molecule has 1 aromatic rings. The van der Waals surface area contributed by atoms with E-state index in [0.29, 0.717) is 30.3 Å². The van der Waals surface area contributed by atoms with Crippen LogP contribution in [-0.2, 0) is 10.0 Å². The monoisotopic (exact) mass is 327 g/mol. The van der Waals surface area contributed by atoms with E-state index in [1.165, 1.54) is 12.8 Å². The van der Waals surface area contributed by atoms with Crippen molar-refractivity contribution in [3.63, 3.8) is 0 Å². The SMILES string of the molecule is Cc1cc(C(N)=S)ccc1S(=O)(=O)NCCN(C)C1CC1. The van der Waals surface area contributed by atoms with Gasteiger partial charge in [-0.15, -0.1) is 0 Å². The Morgan fingerprint density at radius 2 is 2.14 bits per heavy atom. The molecule has 0 saturated heterocycles. The highest BCUT2D eigenvalue weighted by molar-refractivity contribution is 7.89. The Labute approximate surface area is 131 Å². The third-order valence-corrected chi connectivity index (χ3v) is 5.53. The van der Waals surface area contributed by atoms with Gasteiger partial charge in [0, 0.05) is 24.7 Å². The molecule has 0 amide bonds. The van der Waals surface area contributed by atoms with Gasteiger partial charge in [-0.2, -0.15) is 0 Å².